The van der Waals surface area contributed by atoms with E-state index >= 15 is 0 Å². The molecule has 0 fully saturated rings. The average molecular weight is 495 g/mol. The molecule has 0 N–H and O–H groups in total. The van der Waals surface area contributed by atoms with E-state index in [1.807, 2.05) is 54.6 Å². The Kier molecular flexibility index (Phi) is 10.5. The molecule has 0 saturated carbocycles. The van der Waals surface area contributed by atoms with Crippen molar-refractivity contribution in [1.29, 1.82) is 0 Å². The van der Waals surface area contributed by atoms with Crippen LogP contribution in [0.5, 0.6) is 17.2 Å². The van der Waals surface area contributed by atoms with E-state index in [1.54, 1.807) is 0 Å². The molecular weight excluding hydrogens is 451 g/mol. The van der Waals surface area contributed by atoms with E-state index < -0.39 is 7.94 Å². The Morgan fingerprint density at radius 1 is 0.543 bits per heavy atom. The molecule has 0 heterocycles. The van der Waals surface area contributed by atoms with Crippen LogP contribution >= 0.6 is 7.94 Å². The zero-order chi connectivity index (χ0) is 25.1. The van der Waals surface area contributed by atoms with Crippen LogP contribution in [0.15, 0.2) is 72.8 Å². The van der Waals surface area contributed by atoms with E-state index in [4.69, 9.17) is 13.6 Å². The molecule has 3 aromatic carbocycles. The summed E-state index contributed by atoms with van der Waals surface area (Å²) in [6.07, 6.45) is 8.05. The third-order valence-corrected chi connectivity index (χ3v) is 8.90. The summed E-state index contributed by atoms with van der Waals surface area (Å²) >= 11 is 0. The summed E-state index contributed by atoms with van der Waals surface area (Å²) in [6.45, 7) is 10.8. The molecule has 0 saturated heterocycles. The standard InChI is InChI=1S/C31H43O3P/c1-25(2)17-9-7-6-8-16-24-35(32-29-21-13-10-18-26(29)3,33-30-22-14-11-19-27(30)4)34-31-23-15-12-20-28(31)5/h10-15,18-23,25,35H,6-9,16-17,24H2,1-5H3. The van der Waals surface area contributed by atoms with Crippen molar-refractivity contribution in [3.05, 3.63) is 89.5 Å². The normalized spacial score (nSPS) is 11.9. The van der Waals surface area contributed by atoms with Crippen molar-refractivity contribution in [2.45, 2.75) is 73.1 Å². The molecule has 0 aliphatic carbocycles. The molecule has 4 heteroatoms. The molecule has 0 bridgehead atoms. The van der Waals surface area contributed by atoms with Crippen molar-refractivity contribution < 1.29 is 13.6 Å². The summed E-state index contributed by atoms with van der Waals surface area (Å²) in [6, 6.07) is 24.4. The van der Waals surface area contributed by atoms with Crippen molar-refractivity contribution in [2.75, 3.05) is 6.16 Å². The Hall–Kier alpha value is -2.51. The predicted molar refractivity (Wildman–Crippen MR) is 151 cm³/mol. The Morgan fingerprint density at radius 2 is 0.914 bits per heavy atom. The fourth-order valence-corrected chi connectivity index (χ4v) is 6.96. The van der Waals surface area contributed by atoms with Crippen LogP contribution in [0.1, 0.15) is 69.1 Å². The van der Waals surface area contributed by atoms with Crippen LogP contribution in [0.3, 0.4) is 0 Å². The molecule has 0 atom stereocenters. The topological polar surface area (TPSA) is 27.7 Å². The van der Waals surface area contributed by atoms with Gasteiger partial charge in [-0.2, -0.15) is 0 Å². The van der Waals surface area contributed by atoms with Gasteiger partial charge in [0.15, 0.2) is 0 Å². The van der Waals surface area contributed by atoms with Gasteiger partial charge in [-0.1, -0.05) is 0 Å². The summed E-state index contributed by atoms with van der Waals surface area (Å²) in [5.41, 5.74) is 3.25. The maximum absolute atomic E-state index is 6.80. The van der Waals surface area contributed by atoms with E-state index in [-0.39, 0.29) is 0 Å². The second-order valence-corrected chi connectivity index (χ2v) is 12.5. The van der Waals surface area contributed by atoms with Crippen LogP contribution in [0.4, 0.5) is 0 Å². The average Bonchev–Trinajstić information content (AvgIpc) is 2.83. The van der Waals surface area contributed by atoms with Gasteiger partial charge in [0.05, 0.1) is 0 Å². The summed E-state index contributed by atoms with van der Waals surface area (Å²) in [5, 5.41) is 0. The number of unbranched alkanes of at least 4 members (excludes halogenated alkanes) is 4. The second-order valence-electron chi connectivity index (χ2n) is 9.99. The van der Waals surface area contributed by atoms with Crippen LogP contribution in [-0.4, -0.2) is 6.16 Å². The predicted octanol–water partition coefficient (Wildman–Crippen LogP) is 9.64. The summed E-state index contributed by atoms with van der Waals surface area (Å²) in [5.74, 6) is 3.28. The van der Waals surface area contributed by atoms with Crippen molar-refractivity contribution in [3.8, 4) is 17.2 Å². The molecule has 0 radical (unpaired) electrons. The monoisotopic (exact) mass is 494 g/mol. The minimum atomic E-state index is -3.20. The first kappa shape index (κ1) is 27.1. The zero-order valence-electron chi connectivity index (χ0n) is 22.2. The summed E-state index contributed by atoms with van der Waals surface area (Å²) in [4.78, 5) is 0. The molecule has 0 aliphatic rings. The SMILES string of the molecule is Cc1ccccc1O[PH](CCCCCCCC(C)C)(Oc1ccccc1C)Oc1ccccc1C. The van der Waals surface area contributed by atoms with Gasteiger partial charge in [-0.15, -0.1) is 0 Å². The van der Waals surface area contributed by atoms with E-state index in [0.717, 1.165) is 58.9 Å². The molecule has 0 unspecified atom stereocenters. The minimum absolute atomic E-state index is 0.758. The maximum atomic E-state index is 6.80. The second kappa shape index (κ2) is 13.5. The number of rotatable bonds is 14. The first-order valence-electron chi connectivity index (χ1n) is 13.1. The van der Waals surface area contributed by atoms with E-state index in [1.165, 1.54) is 25.7 Å². The van der Waals surface area contributed by atoms with Crippen LogP contribution in [0, 0.1) is 26.7 Å². The van der Waals surface area contributed by atoms with Gasteiger partial charge in [0.1, 0.15) is 0 Å². The molecule has 0 spiro atoms. The Morgan fingerprint density at radius 3 is 1.31 bits per heavy atom. The molecule has 0 amide bonds. The van der Waals surface area contributed by atoms with Gasteiger partial charge in [-0.3, -0.25) is 0 Å². The van der Waals surface area contributed by atoms with Gasteiger partial charge in [-0.25, -0.2) is 0 Å². The molecule has 0 aromatic heterocycles. The molecule has 3 rings (SSSR count). The summed E-state index contributed by atoms with van der Waals surface area (Å²) in [7, 11) is -3.20. The molecule has 3 nitrogen and oxygen atoms in total. The first-order valence-corrected chi connectivity index (χ1v) is 15.1. The third-order valence-electron chi connectivity index (χ3n) is 6.34. The quantitative estimate of drug-likeness (QED) is 0.165. The van der Waals surface area contributed by atoms with Crippen LogP contribution in [-0.2, 0) is 0 Å². The number of aryl methyl sites for hydroxylation is 3. The van der Waals surface area contributed by atoms with Gasteiger partial charge in [-0.05, 0) is 0 Å². The van der Waals surface area contributed by atoms with Crippen LogP contribution in [0.25, 0.3) is 0 Å². The van der Waals surface area contributed by atoms with Gasteiger partial charge in [0.25, 0.3) is 0 Å². The van der Waals surface area contributed by atoms with Crippen LogP contribution < -0.4 is 13.6 Å². The van der Waals surface area contributed by atoms with Crippen molar-refractivity contribution in [3.63, 3.8) is 0 Å². The third kappa shape index (κ3) is 8.58. The molecular formula is C31H43O3P. The van der Waals surface area contributed by atoms with E-state index in [2.05, 4.69) is 52.8 Å². The van der Waals surface area contributed by atoms with Gasteiger partial charge < -0.3 is 0 Å². The first-order chi connectivity index (χ1) is 16.9. The fraction of sp³-hybridized carbons (Fsp3) is 0.419. The van der Waals surface area contributed by atoms with Crippen molar-refractivity contribution in [2.24, 2.45) is 5.92 Å². The molecule has 3 aromatic rings. The van der Waals surface area contributed by atoms with E-state index in [0.29, 0.717) is 0 Å². The molecule has 35 heavy (non-hydrogen) atoms. The van der Waals surface area contributed by atoms with E-state index in [9.17, 15) is 0 Å². The zero-order valence-corrected chi connectivity index (χ0v) is 23.2. The summed E-state index contributed by atoms with van der Waals surface area (Å²) < 4.78 is 20.4. The number of benzene rings is 3. The van der Waals surface area contributed by atoms with Gasteiger partial charge in [0, 0.05) is 0 Å². The number of para-hydroxylation sites is 3. The van der Waals surface area contributed by atoms with Crippen molar-refractivity contribution >= 4 is 7.94 Å². The van der Waals surface area contributed by atoms with Gasteiger partial charge >= 0.3 is 213 Å². The fourth-order valence-electron chi connectivity index (χ4n) is 4.16. The Labute approximate surface area is 213 Å². The molecule has 190 valence electrons. The number of hydrogen-bond donors (Lipinski definition) is 0. The number of hydrogen-bond acceptors (Lipinski definition) is 3. The Bertz CT molecular complexity index is 931. The molecule has 0 aliphatic heterocycles. The van der Waals surface area contributed by atoms with Gasteiger partial charge in [0.2, 0.25) is 0 Å². The van der Waals surface area contributed by atoms with Crippen LogP contribution in [0.2, 0.25) is 0 Å². The Balaban J connectivity index is 1.87. The van der Waals surface area contributed by atoms with Crippen molar-refractivity contribution in [1.82, 2.24) is 0 Å².